The summed E-state index contributed by atoms with van der Waals surface area (Å²) in [7, 11) is 1.50. The van der Waals surface area contributed by atoms with Gasteiger partial charge in [0.05, 0.1) is 12.7 Å². The molecule has 2 aromatic rings. The zero-order chi connectivity index (χ0) is 13.8. The monoisotopic (exact) mass is 256 g/mol. The summed E-state index contributed by atoms with van der Waals surface area (Å²) in [6.45, 7) is 0.396. The van der Waals surface area contributed by atoms with Gasteiger partial charge < -0.3 is 14.4 Å². The van der Waals surface area contributed by atoms with Crippen molar-refractivity contribution >= 4 is 5.97 Å². The molecule has 1 heterocycles. The summed E-state index contributed by atoms with van der Waals surface area (Å²) >= 11 is 0. The third-order valence-electron chi connectivity index (χ3n) is 2.79. The standard InChI is InChI=1S/C14H12N2O3/c1-19-13-5-4-10(7-11(13)8-15)9-16-6-2-3-12(16)14(17)18/h2-7H,9H2,1H3,(H,17,18). The van der Waals surface area contributed by atoms with E-state index in [1.807, 2.05) is 6.07 Å². The van der Waals surface area contributed by atoms with Crippen LogP contribution in [0.3, 0.4) is 0 Å². The highest BCUT2D eigenvalue weighted by molar-refractivity contribution is 5.85. The molecule has 2 rings (SSSR count). The summed E-state index contributed by atoms with van der Waals surface area (Å²) < 4.78 is 6.68. The maximum Gasteiger partial charge on any atom is 0.352 e. The van der Waals surface area contributed by atoms with Gasteiger partial charge in [0.1, 0.15) is 17.5 Å². The van der Waals surface area contributed by atoms with Gasteiger partial charge >= 0.3 is 5.97 Å². The second kappa shape index (κ2) is 5.27. The Balaban J connectivity index is 2.31. The number of nitriles is 1. The van der Waals surface area contributed by atoms with Crippen LogP contribution in [0.1, 0.15) is 21.6 Å². The Kier molecular flexibility index (Phi) is 3.53. The van der Waals surface area contributed by atoms with E-state index >= 15 is 0 Å². The van der Waals surface area contributed by atoms with Gasteiger partial charge in [-0.3, -0.25) is 0 Å². The molecule has 0 fully saturated rings. The first kappa shape index (κ1) is 12.7. The van der Waals surface area contributed by atoms with Crippen LogP contribution >= 0.6 is 0 Å². The molecule has 0 saturated carbocycles. The third kappa shape index (κ3) is 2.58. The molecule has 96 valence electrons. The molecule has 0 unspecified atom stereocenters. The highest BCUT2D eigenvalue weighted by atomic mass is 16.5. The third-order valence-corrected chi connectivity index (χ3v) is 2.79. The number of nitrogens with zero attached hydrogens (tertiary/aromatic N) is 2. The Morgan fingerprint density at radius 2 is 2.26 bits per heavy atom. The zero-order valence-corrected chi connectivity index (χ0v) is 10.3. The van der Waals surface area contributed by atoms with Crippen molar-refractivity contribution in [2.24, 2.45) is 0 Å². The minimum Gasteiger partial charge on any atom is -0.495 e. The Morgan fingerprint density at radius 1 is 1.47 bits per heavy atom. The number of methoxy groups -OCH3 is 1. The first-order chi connectivity index (χ1) is 9.15. The van der Waals surface area contributed by atoms with Crippen LogP contribution in [0.4, 0.5) is 0 Å². The van der Waals surface area contributed by atoms with Crippen molar-refractivity contribution in [1.29, 1.82) is 5.26 Å². The lowest BCUT2D eigenvalue weighted by molar-refractivity contribution is 0.0685. The molecular formula is C14H12N2O3. The van der Waals surface area contributed by atoms with E-state index in [-0.39, 0.29) is 5.69 Å². The Hall–Kier alpha value is -2.74. The minimum atomic E-state index is -0.973. The number of aromatic nitrogens is 1. The van der Waals surface area contributed by atoms with Gasteiger partial charge in [0.2, 0.25) is 0 Å². The highest BCUT2D eigenvalue weighted by Gasteiger charge is 2.10. The average molecular weight is 256 g/mol. The smallest absolute Gasteiger partial charge is 0.352 e. The van der Waals surface area contributed by atoms with Gasteiger partial charge in [-0.25, -0.2) is 4.79 Å². The molecule has 5 heteroatoms. The zero-order valence-electron chi connectivity index (χ0n) is 10.3. The highest BCUT2D eigenvalue weighted by Crippen LogP contribution is 2.19. The molecular weight excluding hydrogens is 244 g/mol. The van der Waals surface area contributed by atoms with Crippen LogP contribution in [0.25, 0.3) is 0 Å². The molecule has 5 nitrogen and oxygen atoms in total. The minimum absolute atomic E-state index is 0.217. The van der Waals surface area contributed by atoms with E-state index in [0.29, 0.717) is 17.9 Å². The summed E-state index contributed by atoms with van der Waals surface area (Å²) in [4.78, 5) is 11.0. The van der Waals surface area contributed by atoms with E-state index in [0.717, 1.165) is 5.56 Å². The second-order valence-electron chi connectivity index (χ2n) is 3.97. The maximum atomic E-state index is 11.0. The summed E-state index contributed by atoms with van der Waals surface area (Å²) in [5.41, 5.74) is 1.49. The van der Waals surface area contributed by atoms with Crippen molar-refractivity contribution in [2.75, 3.05) is 7.11 Å². The SMILES string of the molecule is COc1ccc(Cn2cccc2C(=O)O)cc1C#N. The Labute approximate surface area is 110 Å². The molecule has 0 aliphatic carbocycles. The number of hydrogen-bond acceptors (Lipinski definition) is 3. The van der Waals surface area contributed by atoms with Crippen molar-refractivity contribution in [1.82, 2.24) is 4.57 Å². The number of carboxylic acids is 1. The molecule has 1 N–H and O–H groups in total. The van der Waals surface area contributed by atoms with Crippen molar-refractivity contribution in [2.45, 2.75) is 6.54 Å². The molecule has 1 aromatic carbocycles. The summed E-state index contributed by atoms with van der Waals surface area (Å²) in [5, 5.41) is 18.0. The van der Waals surface area contributed by atoms with Crippen LogP contribution in [0.15, 0.2) is 36.5 Å². The molecule has 19 heavy (non-hydrogen) atoms. The Bertz CT molecular complexity index is 653. The lowest BCUT2D eigenvalue weighted by Crippen LogP contribution is -2.08. The van der Waals surface area contributed by atoms with Crippen LogP contribution in [0.5, 0.6) is 5.75 Å². The van der Waals surface area contributed by atoms with Gasteiger partial charge in [-0.05, 0) is 29.8 Å². The topological polar surface area (TPSA) is 75.2 Å². The average Bonchev–Trinajstić information content (AvgIpc) is 2.87. The quantitative estimate of drug-likeness (QED) is 0.909. The van der Waals surface area contributed by atoms with E-state index < -0.39 is 5.97 Å². The van der Waals surface area contributed by atoms with E-state index in [4.69, 9.17) is 15.1 Å². The van der Waals surface area contributed by atoms with Crippen LogP contribution in [-0.2, 0) is 6.54 Å². The first-order valence-corrected chi connectivity index (χ1v) is 5.61. The molecule has 0 radical (unpaired) electrons. The maximum absolute atomic E-state index is 11.0. The first-order valence-electron chi connectivity index (χ1n) is 5.61. The molecule has 0 spiro atoms. The van der Waals surface area contributed by atoms with Crippen LogP contribution in [-0.4, -0.2) is 22.8 Å². The van der Waals surface area contributed by atoms with Gasteiger partial charge in [0, 0.05) is 12.7 Å². The summed E-state index contributed by atoms with van der Waals surface area (Å²) in [5.74, 6) is -0.462. The normalized spacial score (nSPS) is 9.89. The van der Waals surface area contributed by atoms with Gasteiger partial charge in [0.25, 0.3) is 0 Å². The second-order valence-corrected chi connectivity index (χ2v) is 3.97. The fourth-order valence-electron chi connectivity index (χ4n) is 1.88. The Morgan fingerprint density at radius 3 is 2.89 bits per heavy atom. The molecule has 1 aromatic heterocycles. The predicted octanol–water partition coefficient (Wildman–Crippen LogP) is 2.11. The molecule has 0 aliphatic rings. The molecule has 0 amide bonds. The number of ether oxygens (including phenoxy) is 1. The van der Waals surface area contributed by atoms with Crippen LogP contribution in [0, 0.1) is 11.3 Å². The molecule has 0 aliphatic heterocycles. The number of benzene rings is 1. The molecule has 0 bridgehead atoms. The van der Waals surface area contributed by atoms with Crippen molar-refractivity contribution in [3.63, 3.8) is 0 Å². The van der Waals surface area contributed by atoms with Gasteiger partial charge in [-0.15, -0.1) is 0 Å². The number of carbonyl (C=O) groups is 1. The molecule has 0 saturated heterocycles. The fraction of sp³-hybridized carbons (Fsp3) is 0.143. The predicted molar refractivity (Wildman–Crippen MR) is 68.2 cm³/mol. The van der Waals surface area contributed by atoms with E-state index in [9.17, 15) is 4.79 Å². The lowest BCUT2D eigenvalue weighted by atomic mass is 10.1. The molecule has 0 atom stereocenters. The van der Waals surface area contributed by atoms with Crippen LogP contribution in [0.2, 0.25) is 0 Å². The van der Waals surface area contributed by atoms with E-state index in [1.54, 1.807) is 29.0 Å². The summed E-state index contributed by atoms with van der Waals surface area (Å²) in [6, 6.07) is 10.5. The van der Waals surface area contributed by atoms with E-state index in [1.165, 1.54) is 13.2 Å². The summed E-state index contributed by atoms with van der Waals surface area (Å²) in [6.07, 6.45) is 1.69. The largest absolute Gasteiger partial charge is 0.495 e. The number of aromatic carboxylic acids is 1. The lowest BCUT2D eigenvalue weighted by Gasteiger charge is -2.08. The van der Waals surface area contributed by atoms with Gasteiger partial charge in [-0.2, -0.15) is 5.26 Å². The number of hydrogen-bond donors (Lipinski definition) is 1. The number of rotatable bonds is 4. The van der Waals surface area contributed by atoms with Crippen molar-refractivity contribution in [3.05, 3.63) is 53.3 Å². The van der Waals surface area contributed by atoms with Gasteiger partial charge in [0.15, 0.2) is 0 Å². The van der Waals surface area contributed by atoms with Crippen molar-refractivity contribution in [3.8, 4) is 11.8 Å². The van der Waals surface area contributed by atoms with E-state index in [2.05, 4.69) is 6.07 Å². The van der Waals surface area contributed by atoms with Crippen molar-refractivity contribution < 1.29 is 14.6 Å². The van der Waals surface area contributed by atoms with Gasteiger partial charge in [-0.1, -0.05) is 6.07 Å². The van der Waals surface area contributed by atoms with Crippen LogP contribution < -0.4 is 4.74 Å². The fourth-order valence-corrected chi connectivity index (χ4v) is 1.88. The number of carboxylic acid groups (broad SMARTS) is 1.